The fraction of sp³-hybridized carbons (Fsp3) is 0. The van der Waals surface area contributed by atoms with Gasteiger partial charge in [-0.25, -0.2) is 9.78 Å². The smallest absolute Gasteiger partial charge is 0.340 e. The van der Waals surface area contributed by atoms with E-state index in [-0.39, 0.29) is 0 Å². The van der Waals surface area contributed by atoms with Crippen LogP contribution >= 0.6 is 23.2 Å². The Morgan fingerprint density at radius 3 is 2.28 bits per heavy atom. The van der Waals surface area contributed by atoms with E-state index in [1.807, 2.05) is 0 Å². The zero-order chi connectivity index (χ0) is 13.3. The number of benzene rings is 1. The molecule has 1 N–H and O–H groups in total. The number of pyridine rings is 1. The van der Waals surface area contributed by atoms with E-state index >= 15 is 0 Å². The van der Waals surface area contributed by atoms with Crippen LogP contribution < -0.4 is 0 Å². The fourth-order valence-electron chi connectivity index (χ4n) is 1.48. The highest BCUT2D eigenvalue weighted by Crippen LogP contribution is 2.27. The van der Waals surface area contributed by atoms with E-state index in [2.05, 4.69) is 4.98 Å². The van der Waals surface area contributed by atoms with Gasteiger partial charge in [0.25, 0.3) is 0 Å². The second-order valence-corrected chi connectivity index (χ2v) is 4.40. The number of hydrogen-bond acceptors (Lipinski definition) is 2. The SMILES string of the molecule is O=C(O)c1cc(-c2cc(Cl)cc(Cl)c2)cnc1F. The Balaban J connectivity index is 2.57. The largest absolute Gasteiger partial charge is 0.478 e. The molecule has 2 rings (SSSR count). The Labute approximate surface area is 112 Å². The van der Waals surface area contributed by atoms with Gasteiger partial charge in [-0.3, -0.25) is 0 Å². The van der Waals surface area contributed by atoms with E-state index in [1.165, 1.54) is 12.3 Å². The molecule has 0 bridgehead atoms. The first-order valence-electron chi connectivity index (χ1n) is 4.82. The van der Waals surface area contributed by atoms with E-state index in [1.54, 1.807) is 18.2 Å². The number of carboxylic acid groups (broad SMARTS) is 1. The van der Waals surface area contributed by atoms with Crippen LogP contribution in [0.2, 0.25) is 10.0 Å². The molecule has 0 aliphatic heterocycles. The molecule has 0 atom stereocenters. The van der Waals surface area contributed by atoms with Crippen LogP contribution in [0.4, 0.5) is 4.39 Å². The minimum Gasteiger partial charge on any atom is -0.478 e. The lowest BCUT2D eigenvalue weighted by molar-refractivity contribution is 0.0691. The lowest BCUT2D eigenvalue weighted by atomic mass is 10.1. The van der Waals surface area contributed by atoms with E-state index < -0.39 is 17.5 Å². The lowest BCUT2D eigenvalue weighted by Crippen LogP contribution is -2.02. The first-order valence-corrected chi connectivity index (χ1v) is 5.58. The summed E-state index contributed by atoms with van der Waals surface area (Å²) >= 11 is 11.7. The molecule has 2 aromatic rings. The summed E-state index contributed by atoms with van der Waals surface area (Å²) in [6.07, 6.45) is 1.23. The quantitative estimate of drug-likeness (QED) is 0.852. The third kappa shape index (κ3) is 2.60. The number of nitrogens with zero attached hydrogens (tertiary/aromatic N) is 1. The predicted molar refractivity (Wildman–Crippen MR) is 66.6 cm³/mol. The van der Waals surface area contributed by atoms with Gasteiger partial charge in [-0.2, -0.15) is 4.39 Å². The van der Waals surface area contributed by atoms with Crippen LogP contribution in [0.15, 0.2) is 30.5 Å². The molecule has 0 aliphatic rings. The Morgan fingerprint density at radius 2 is 1.72 bits per heavy atom. The Morgan fingerprint density at radius 1 is 1.11 bits per heavy atom. The van der Waals surface area contributed by atoms with Gasteiger partial charge in [-0.05, 0) is 29.8 Å². The second kappa shape index (κ2) is 4.92. The van der Waals surface area contributed by atoms with Crippen LogP contribution in [-0.2, 0) is 0 Å². The summed E-state index contributed by atoms with van der Waals surface area (Å²) in [5.41, 5.74) is 0.504. The van der Waals surface area contributed by atoms with Gasteiger partial charge in [0.2, 0.25) is 5.95 Å². The number of halogens is 3. The van der Waals surface area contributed by atoms with Crippen molar-refractivity contribution in [3.63, 3.8) is 0 Å². The van der Waals surface area contributed by atoms with Crippen molar-refractivity contribution in [2.24, 2.45) is 0 Å². The summed E-state index contributed by atoms with van der Waals surface area (Å²) < 4.78 is 13.2. The zero-order valence-corrected chi connectivity index (χ0v) is 10.3. The number of carbonyl (C=O) groups is 1. The maximum absolute atomic E-state index is 13.2. The molecule has 0 spiro atoms. The molecule has 0 radical (unpaired) electrons. The van der Waals surface area contributed by atoms with Gasteiger partial charge in [0.15, 0.2) is 0 Å². The Kier molecular flexibility index (Phi) is 3.50. The number of hydrogen-bond donors (Lipinski definition) is 1. The van der Waals surface area contributed by atoms with Gasteiger partial charge in [0.05, 0.1) is 0 Å². The van der Waals surface area contributed by atoms with Crippen LogP contribution in [0.3, 0.4) is 0 Å². The minimum absolute atomic E-state index is 0.402. The molecular formula is C12H6Cl2FNO2. The summed E-state index contributed by atoms with van der Waals surface area (Å²) in [7, 11) is 0. The molecule has 3 nitrogen and oxygen atoms in total. The van der Waals surface area contributed by atoms with Crippen molar-refractivity contribution in [1.82, 2.24) is 4.98 Å². The summed E-state index contributed by atoms with van der Waals surface area (Å²) in [5, 5.41) is 9.62. The van der Waals surface area contributed by atoms with Crippen LogP contribution in [-0.4, -0.2) is 16.1 Å². The standard InChI is InChI=1S/C12H6Cl2FNO2/c13-8-1-6(2-9(14)4-8)7-3-10(12(17)18)11(15)16-5-7/h1-5H,(H,17,18). The van der Waals surface area contributed by atoms with Crippen LogP contribution in [0.1, 0.15) is 10.4 Å². The molecule has 0 amide bonds. The van der Waals surface area contributed by atoms with Crippen molar-refractivity contribution in [2.75, 3.05) is 0 Å². The van der Waals surface area contributed by atoms with E-state index in [4.69, 9.17) is 28.3 Å². The zero-order valence-electron chi connectivity index (χ0n) is 8.82. The molecule has 18 heavy (non-hydrogen) atoms. The minimum atomic E-state index is -1.38. The average Bonchev–Trinajstić information content (AvgIpc) is 2.27. The molecule has 92 valence electrons. The highest BCUT2D eigenvalue weighted by Gasteiger charge is 2.13. The molecule has 0 saturated heterocycles. The number of rotatable bonds is 2. The van der Waals surface area contributed by atoms with Gasteiger partial charge in [-0.1, -0.05) is 23.2 Å². The molecule has 0 unspecified atom stereocenters. The summed E-state index contributed by atoms with van der Waals surface area (Å²) in [6.45, 7) is 0. The molecule has 1 heterocycles. The number of aromatic carboxylic acids is 1. The summed E-state index contributed by atoms with van der Waals surface area (Å²) in [4.78, 5) is 14.2. The monoisotopic (exact) mass is 285 g/mol. The van der Waals surface area contributed by atoms with E-state index in [0.717, 1.165) is 0 Å². The number of aromatic nitrogens is 1. The van der Waals surface area contributed by atoms with Gasteiger partial charge >= 0.3 is 5.97 Å². The molecule has 0 fully saturated rings. The first-order chi connectivity index (χ1) is 8.47. The highest BCUT2D eigenvalue weighted by molar-refractivity contribution is 6.35. The third-order valence-electron chi connectivity index (χ3n) is 2.27. The van der Waals surface area contributed by atoms with Gasteiger partial charge in [-0.15, -0.1) is 0 Å². The maximum Gasteiger partial charge on any atom is 0.340 e. The predicted octanol–water partition coefficient (Wildman–Crippen LogP) is 3.89. The Hall–Kier alpha value is -1.65. The molecule has 0 aliphatic carbocycles. The fourth-order valence-corrected chi connectivity index (χ4v) is 2.00. The Bertz CT molecular complexity index is 611. The van der Waals surface area contributed by atoms with Crippen LogP contribution in [0.5, 0.6) is 0 Å². The van der Waals surface area contributed by atoms with Crippen LogP contribution in [0.25, 0.3) is 11.1 Å². The van der Waals surface area contributed by atoms with Gasteiger partial charge in [0, 0.05) is 21.8 Å². The van der Waals surface area contributed by atoms with Crippen molar-refractivity contribution in [3.05, 3.63) is 52.0 Å². The number of carboxylic acids is 1. The topological polar surface area (TPSA) is 50.2 Å². The maximum atomic E-state index is 13.2. The highest BCUT2D eigenvalue weighted by atomic mass is 35.5. The third-order valence-corrected chi connectivity index (χ3v) is 2.70. The van der Waals surface area contributed by atoms with Crippen molar-refractivity contribution in [2.45, 2.75) is 0 Å². The van der Waals surface area contributed by atoms with Crippen LogP contribution in [0, 0.1) is 5.95 Å². The summed E-state index contributed by atoms with van der Waals surface area (Å²) in [6, 6.07) is 5.91. The van der Waals surface area contributed by atoms with Crippen molar-refractivity contribution in [3.8, 4) is 11.1 Å². The molecule has 1 aromatic heterocycles. The van der Waals surface area contributed by atoms with E-state index in [0.29, 0.717) is 21.2 Å². The molecule has 6 heteroatoms. The molecule has 1 aromatic carbocycles. The molecular weight excluding hydrogens is 280 g/mol. The average molecular weight is 286 g/mol. The van der Waals surface area contributed by atoms with Crippen molar-refractivity contribution in [1.29, 1.82) is 0 Å². The lowest BCUT2D eigenvalue weighted by Gasteiger charge is -2.05. The second-order valence-electron chi connectivity index (χ2n) is 3.53. The van der Waals surface area contributed by atoms with Gasteiger partial charge < -0.3 is 5.11 Å². The van der Waals surface area contributed by atoms with E-state index in [9.17, 15) is 9.18 Å². The van der Waals surface area contributed by atoms with Gasteiger partial charge in [0.1, 0.15) is 5.56 Å². The molecule has 0 saturated carbocycles. The van der Waals surface area contributed by atoms with Crippen molar-refractivity contribution >= 4 is 29.2 Å². The normalized spacial score (nSPS) is 10.4. The first kappa shape index (κ1) is 12.8. The summed E-state index contributed by atoms with van der Waals surface area (Å²) in [5.74, 6) is -2.41. The van der Waals surface area contributed by atoms with Crippen molar-refractivity contribution < 1.29 is 14.3 Å².